The van der Waals surface area contributed by atoms with Crippen LogP contribution in [0.4, 0.5) is 5.69 Å². The highest BCUT2D eigenvalue weighted by atomic mass is 16.6. The van der Waals surface area contributed by atoms with Gasteiger partial charge in [-0.2, -0.15) is 5.10 Å². The van der Waals surface area contributed by atoms with Crippen molar-refractivity contribution in [2.75, 3.05) is 0 Å². The number of benzene rings is 2. The number of nitrogens with one attached hydrogen (secondary N) is 1. The molecule has 1 aromatic heterocycles. The number of nitro benzene ring substituents is 1. The monoisotopic (exact) mass is 280 g/mol. The largest absolute Gasteiger partial charge is 0.269 e. The van der Waals surface area contributed by atoms with Crippen molar-refractivity contribution in [2.24, 2.45) is 0 Å². The maximum Gasteiger partial charge on any atom is 0.269 e. The summed E-state index contributed by atoms with van der Waals surface area (Å²) in [6, 6.07) is 16.1. The van der Waals surface area contributed by atoms with E-state index in [1.54, 1.807) is 12.1 Å². The van der Waals surface area contributed by atoms with Gasteiger partial charge in [0.2, 0.25) is 0 Å². The van der Waals surface area contributed by atoms with E-state index < -0.39 is 4.92 Å². The van der Waals surface area contributed by atoms with Crippen LogP contribution in [0.1, 0.15) is 11.4 Å². The molecule has 0 bridgehead atoms. The second-order valence-electron chi connectivity index (χ2n) is 4.57. The van der Waals surface area contributed by atoms with Crippen LogP contribution in [0.25, 0.3) is 11.4 Å². The smallest absolute Gasteiger partial charge is 0.262 e. The first-order chi connectivity index (χ1) is 10.2. The number of hydrogen-bond donors (Lipinski definition) is 1. The minimum absolute atomic E-state index is 0.0544. The van der Waals surface area contributed by atoms with E-state index in [2.05, 4.69) is 15.2 Å². The molecule has 0 aliphatic carbocycles. The number of hydrogen-bond acceptors (Lipinski definition) is 4. The predicted molar refractivity (Wildman–Crippen MR) is 77.7 cm³/mol. The zero-order chi connectivity index (χ0) is 14.7. The van der Waals surface area contributed by atoms with Crippen LogP contribution in [0.3, 0.4) is 0 Å². The molecule has 0 aliphatic heterocycles. The van der Waals surface area contributed by atoms with Gasteiger partial charge in [-0.15, -0.1) is 0 Å². The minimum atomic E-state index is -0.428. The third-order valence-electron chi connectivity index (χ3n) is 3.08. The van der Waals surface area contributed by atoms with E-state index in [1.807, 2.05) is 30.3 Å². The van der Waals surface area contributed by atoms with Gasteiger partial charge in [-0.1, -0.05) is 30.3 Å². The number of rotatable bonds is 4. The van der Waals surface area contributed by atoms with Gasteiger partial charge in [-0.3, -0.25) is 15.2 Å². The standard InChI is InChI=1S/C15H12N4O2/c20-19(21)13-8-6-12(7-9-13)15-16-14(17-18-15)10-11-4-2-1-3-5-11/h1-9H,10H2,(H,16,17,18). The van der Waals surface area contributed by atoms with E-state index in [-0.39, 0.29) is 5.69 Å². The summed E-state index contributed by atoms with van der Waals surface area (Å²) in [4.78, 5) is 14.6. The molecule has 0 atom stereocenters. The molecule has 0 saturated heterocycles. The zero-order valence-electron chi connectivity index (χ0n) is 11.1. The third kappa shape index (κ3) is 2.94. The average molecular weight is 280 g/mol. The van der Waals surface area contributed by atoms with Gasteiger partial charge in [-0.05, 0) is 17.7 Å². The van der Waals surface area contributed by atoms with Gasteiger partial charge < -0.3 is 0 Å². The molecule has 6 nitrogen and oxygen atoms in total. The number of aromatic nitrogens is 3. The normalized spacial score (nSPS) is 10.5. The van der Waals surface area contributed by atoms with Gasteiger partial charge >= 0.3 is 0 Å². The summed E-state index contributed by atoms with van der Waals surface area (Å²) in [5.74, 6) is 1.30. The Morgan fingerprint density at radius 2 is 1.76 bits per heavy atom. The molecule has 3 rings (SSSR count). The second kappa shape index (κ2) is 5.54. The fourth-order valence-electron chi connectivity index (χ4n) is 2.02. The fraction of sp³-hybridized carbons (Fsp3) is 0.0667. The predicted octanol–water partition coefficient (Wildman–Crippen LogP) is 2.97. The molecule has 0 amide bonds. The Morgan fingerprint density at radius 1 is 1.05 bits per heavy atom. The van der Waals surface area contributed by atoms with Gasteiger partial charge in [0.05, 0.1) is 4.92 Å². The van der Waals surface area contributed by atoms with E-state index in [4.69, 9.17) is 0 Å². The van der Waals surface area contributed by atoms with Crippen LogP contribution in [-0.4, -0.2) is 20.1 Å². The Labute approximate surface area is 120 Å². The summed E-state index contributed by atoms with van der Waals surface area (Å²) < 4.78 is 0. The van der Waals surface area contributed by atoms with E-state index in [9.17, 15) is 10.1 Å². The molecule has 2 aromatic carbocycles. The van der Waals surface area contributed by atoms with Gasteiger partial charge in [0.15, 0.2) is 5.82 Å². The highest BCUT2D eigenvalue weighted by Gasteiger charge is 2.09. The molecular weight excluding hydrogens is 268 g/mol. The molecule has 21 heavy (non-hydrogen) atoms. The van der Waals surface area contributed by atoms with Crippen molar-refractivity contribution in [2.45, 2.75) is 6.42 Å². The van der Waals surface area contributed by atoms with Crippen LogP contribution in [0.2, 0.25) is 0 Å². The van der Waals surface area contributed by atoms with Gasteiger partial charge in [0, 0.05) is 24.1 Å². The van der Waals surface area contributed by atoms with E-state index in [1.165, 1.54) is 12.1 Å². The summed E-state index contributed by atoms with van der Waals surface area (Å²) >= 11 is 0. The van der Waals surface area contributed by atoms with Gasteiger partial charge in [0.25, 0.3) is 5.69 Å². The number of H-pyrrole nitrogens is 1. The van der Waals surface area contributed by atoms with Crippen molar-refractivity contribution in [1.82, 2.24) is 15.2 Å². The lowest BCUT2D eigenvalue weighted by molar-refractivity contribution is -0.384. The van der Waals surface area contributed by atoms with Gasteiger partial charge in [-0.25, -0.2) is 4.98 Å². The molecule has 0 unspecified atom stereocenters. The maximum absolute atomic E-state index is 10.6. The van der Waals surface area contributed by atoms with Crippen molar-refractivity contribution in [1.29, 1.82) is 0 Å². The molecule has 3 aromatic rings. The molecule has 6 heteroatoms. The quantitative estimate of drug-likeness (QED) is 0.588. The van der Waals surface area contributed by atoms with E-state index in [0.717, 1.165) is 17.0 Å². The topological polar surface area (TPSA) is 84.7 Å². The molecular formula is C15H12N4O2. The van der Waals surface area contributed by atoms with Crippen LogP contribution >= 0.6 is 0 Å². The average Bonchev–Trinajstić information content (AvgIpc) is 2.97. The molecule has 1 N–H and O–H groups in total. The molecule has 0 radical (unpaired) electrons. The molecule has 0 spiro atoms. The molecule has 1 heterocycles. The SMILES string of the molecule is O=[N+]([O-])c1ccc(-c2n[nH]c(Cc3ccccc3)n2)cc1. The van der Waals surface area contributed by atoms with Crippen LogP contribution in [0, 0.1) is 10.1 Å². The fourth-order valence-corrected chi connectivity index (χ4v) is 2.02. The van der Waals surface area contributed by atoms with Crippen LogP contribution < -0.4 is 0 Å². The van der Waals surface area contributed by atoms with Crippen molar-refractivity contribution in [3.8, 4) is 11.4 Å². The highest BCUT2D eigenvalue weighted by molar-refractivity contribution is 5.56. The van der Waals surface area contributed by atoms with E-state index in [0.29, 0.717) is 12.2 Å². The second-order valence-corrected chi connectivity index (χ2v) is 4.57. The Kier molecular flexibility index (Phi) is 3.42. The summed E-state index contributed by atoms with van der Waals surface area (Å²) in [6.45, 7) is 0. The molecule has 0 fully saturated rings. The Bertz CT molecular complexity index is 751. The van der Waals surface area contributed by atoms with Crippen LogP contribution in [0.5, 0.6) is 0 Å². The Hall–Kier alpha value is -3.02. The first-order valence-corrected chi connectivity index (χ1v) is 6.42. The third-order valence-corrected chi connectivity index (χ3v) is 3.08. The van der Waals surface area contributed by atoms with E-state index >= 15 is 0 Å². The number of nitro groups is 1. The minimum Gasteiger partial charge on any atom is -0.262 e. The van der Waals surface area contributed by atoms with Crippen molar-refractivity contribution >= 4 is 5.69 Å². The molecule has 0 saturated carbocycles. The van der Waals surface area contributed by atoms with Crippen molar-refractivity contribution in [3.63, 3.8) is 0 Å². The maximum atomic E-state index is 10.6. The van der Waals surface area contributed by atoms with Crippen molar-refractivity contribution < 1.29 is 4.92 Å². The Balaban J connectivity index is 1.80. The zero-order valence-corrected chi connectivity index (χ0v) is 11.1. The van der Waals surface area contributed by atoms with Crippen LogP contribution in [-0.2, 0) is 6.42 Å². The number of aromatic amines is 1. The summed E-state index contributed by atoms with van der Waals surface area (Å²) in [7, 11) is 0. The first kappa shape index (κ1) is 13.0. The van der Waals surface area contributed by atoms with Crippen molar-refractivity contribution in [3.05, 3.63) is 76.1 Å². The summed E-state index contributed by atoms with van der Waals surface area (Å²) in [6.07, 6.45) is 0.667. The lowest BCUT2D eigenvalue weighted by Crippen LogP contribution is -1.90. The molecule has 0 aliphatic rings. The van der Waals surface area contributed by atoms with Crippen LogP contribution in [0.15, 0.2) is 54.6 Å². The lowest BCUT2D eigenvalue weighted by Gasteiger charge is -1.96. The number of non-ortho nitro benzene ring substituents is 1. The summed E-state index contributed by atoms with van der Waals surface area (Å²) in [5, 5.41) is 17.7. The molecule has 104 valence electrons. The first-order valence-electron chi connectivity index (χ1n) is 6.42. The highest BCUT2D eigenvalue weighted by Crippen LogP contribution is 2.19. The lowest BCUT2D eigenvalue weighted by atomic mass is 10.1. The Morgan fingerprint density at radius 3 is 2.43 bits per heavy atom. The van der Waals surface area contributed by atoms with Gasteiger partial charge in [0.1, 0.15) is 5.82 Å². The number of nitrogens with zero attached hydrogens (tertiary/aromatic N) is 3. The summed E-state index contributed by atoms with van der Waals surface area (Å²) in [5.41, 5.74) is 1.94.